The zero-order valence-corrected chi connectivity index (χ0v) is 10.5. The molecule has 0 saturated heterocycles. The zero-order chi connectivity index (χ0) is 13.1. The van der Waals surface area contributed by atoms with Crippen molar-refractivity contribution in [3.05, 3.63) is 53.6 Å². The number of anilines is 1. The van der Waals surface area contributed by atoms with Gasteiger partial charge in [-0.25, -0.2) is 0 Å². The Morgan fingerprint density at radius 1 is 1.00 bits per heavy atom. The van der Waals surface area contributed by atoms with Gasteiger partial charge in [0.25, 0.3) is 0 Å². The third-order valence-corrected chi connectivity index (χ3v) is 3.02. The van der Waals surface area contributed by atoms with E-state index in [2.05, 4.69) is 0 Å². The maximum atomic E-state index is 5.86. The number of nitrogens with two attached hydrogens (primary N) is 1. The van der Waals surface area contributed by atoms with Crippen molar-refractivity contribution in [1.29, 1.82) is 0 Å². The molecule has 0 radical (unpaired) electrons. The number of fused-ring (bicyclic) bond motifs is 1. The summed E-state index contributed by atoms with van der Waals surface area (Å²) in [5, 5.41) is 0. The maximum absolute atomic E-state index is 5.86. The third-order valence-electron chi connectivity index (χ3n) is 3.02. The quantitative estimate of drug-likeness (QED) is 0.856. The number of benzene rings is 2. The van der Waals surface area contributed by atoms with E-state index >= 15 is 0 Å². The Balaban J connectivity index is 1.59. The van der Waals surface area contributed by atoms with Crippen LogP contribution in [0.2, 0.25) is 0 Å². The van der Waals surface area contributed by atoms with Crippen LogP contribution in [0.25, 0.3) is 0 Å². The van der Waals surface area contributed by atoms with Crippen molar-refractivity contribution in [1.82, 2.24) is 0 Å². The highest BCUT2D eigenvalue weighted by Gasteiger charge is 2.13. The van der Waals surface area contributed by atoms with Crippen molar-refractivity contribution in [3.63, 3.8) is 0 Å². The van der Waals surface area contributed by atoms with Gasteiger partial charge in [-0.05, 0) is 23.8 Å². The fourth-order valence-corrected chi connectivity index (χ4v) is 1.98. The molecule has 4 nitrogen and oxygen atoms in total. The van der Waals surface area contributed by atoms with Crippen LogP contribution in [0.1, 0.15) is 11.1 Å². The van der Waals surface area contributed by atoms with Gasteiger partial charge in [-0.2, -0.15) is 0 Å². The first-order valence-corrected chi connectivity index (χ1v) is 6.12. The van der Waals surface area contributed by atoms with Gasteiger partial charge in [0.05, 0.1) is 13.2 Å². The van der Waals surface area contributed by atoms with E-state index in [4.69, 9.17) is 19.9 Å². The molecule has 1 heterocycles. The van der Waals surface area contributed by atoms with Crippen LogP contribution in [0.5, 0.6) is 11.5 Å². The van der Waals surface area contributed by atoms with E-state index in [9.17, 15) is 0 Å². The molecule has 0 fully saturated rings. The van der Waals surface area contributed by atoms with Crippen molar-refractivity contribution in [3.8, 4) is 11.5 Å². The van der Waals surface area contributed by atoms with Gasteiger partial charge in [-0.1, -0.05) is 24.3 Å². The first kappa shape index (κ1) is 11.9. The molecule has 1 aliphatic heterocycles. The summed E-state index contributed by atoms with van der Waals surface area (Å²) in [4.78, 5) is 0. The zero-order valence-electron chi connectivity index (χ0n) is 10.5. The number of hydrogen-bond donors (Lipinski definition) is 1. The van der Waals surface area contributed by atoms with Gasteiger partial charge in [0.15, 0.2) is 11.5 Å². The van der Waals surface area contributed by atoms with Gasteiger partial charge in [0.2, 0.25) is 6.79 Å². The molecule has 0 aromatic heterocycles. The van der Waals surface area contributed by atoms with Crippen LogP contribution < -0.4 is 15.2 Å². The van der Waals surface area contributed by atoms with Crippen molar-refractivity contribution in [2.75, 3.05) is 12.5 Å². The Bertz CT molecular complexity index is 583. The second-order valence-corrected chi connectivity index (χ2v) is 4.38. The molecule has 2 aromatic carbocycles. The Hall–Kier alpha value is -2.20. The number of hydrogen-bond acceptors (Lipinski definition) is 4. The highest BCUT2D eigenvalue weighted by Crippen LogP contribution is 2.32. The molecule has 0 saturated carbocycles. The molecule has 1 aliphatic rings. The van der Waals surface area contributed by atoms with E-state index < -0.39 is 0 Å². The van der Waals surface area contributed by atoms with Crippen molar-refractivity contribution in [2.45, 2.75) is 13.2 Å². The summed E-state index contributed by atoms with van der Waals surface area (Å²) >= 11 is 0. The smallest absolute Gasteiger partial charge is 0.231 e. The fourth-order valence-electron chi connectivity index (χ4n) is 1.98. The molecule has 0 aliphatic carbocycles. The van der Waals surface area contributed by atoms with E-state index in [1.807, 2.05) is 42.5 Å². The number of nitrogen functional groups attached to an aromatic ring is 1. The molecular formula is C15H15NO3. The molecule has 0 spiro atoms. The van der Waals surface area contributed by atoms with E-state index in [1.165, 1.54) is 0 Å². The minimum atomic E-state index is 0.292. The van der Waals surface area contributed by atoms with Gasteiger partial charge >= 0.3 is 0 Å². The first-order valence-electron chi connectivity index (χ1n) is 6.12. The lowest BCUT2D eigenvalue weighted by Crippen LogP contribution is -1.98. The lowest BCUT2D eigenvalue weighted by molar-refractivity contribution is 0.107. The Morgan fingerprint density at radius 2 is 1.84 bits per heavy atom. The molecule has 98 valence electrons. The van der Waals surface area contributed by atoms with Crippen LogP contribution in [0.4, 0.5) is 5.69 Å². The Labute approximate surface area is 111 Å². The van der Waals surface area contributed by atoms with Gasteiger partial charge < -0.3 is 19.9 Å². The molecule has 3 rings (SSSR count). The average molecular weight is 257 g/mol. The van der Waals surface area contributed by atoms with Crippen LogP contribution >= 0.6 is 0 Å². The van der Waals surface area contributed by atoms with Gasteiger partial charge in [0, 0.05) is 11.3 Å². The second kappa shape index (κ2) is 5.20. The topological polar surface area (TPSA) is 53.7 Å². The van der Waals surface area contributed by atoms with Crippen molar-refractivity contribution < 1.29 is 14.2 Å². The molecule has 4 heteroatoms. The number of para-hydroxylation sites is 1. The minimum Gasteiger partial charge on any atom is -0.454 e. The average Bonchev–Trinajstić information content (AvgIpc) is 2.88. The molecule has 19 heavy (non-hydrogen) atoms. The standard InChI is InChI=1S/C15H15NO3/c16-13-4-2-1-3-12(13)9-17-8-11-5-6-14-15(7-11)19-10-18-14/h1-7H,8-10,16H2. The third kappa shape index (κ3) is 2.63. The molecule has 0 bridgehead atoms. The van der Waals surface area contributed by atoms with E-state index in [0.29, 0.717) is 20.0 Å². The number of ether oxygens (including phenoxy) is 3. The highest BCUT2D eigenvalue weighted by molar-refractivity contribution is 5.46. The summed E-state index contributed by atoms with van der Waals surface area (Å²) in [5.41, 5.74) is 8.67. The van der Waals surface area contributed by atoms with Gasteiger partial charge in [-0.15, -0.1) is 0 Å². The highest BCUT2D eigenvalue weighted by atomic mass is 16.7. The minimum absolute atomic E-state index is 0.292. The van der Waals surface area contributed by atoms with Crippen LogP contribution in [0.15, 0.2) is 42.5 Å². The summed E-state index contributed by atoms with van der Waals surface area (Å²) in [6.07, 6.45) is 0. The van der Waals surface area contributed by atoms with Crippen LogP contribution in [0, 0.1) is 0 Å². The lowest BCUT2D eigenvalue weighted by Gasteiger charge is -2.07. The molecule has 0 amide bonds. The molecule has 2 aromatic rings. The SMILES string of the molecule is Nc1ccccc1COCc1ccc2c(c1)OCO2. The predicted molar refractivity (Wildman–Crippen MR) is 71.9 cm³/mol. The monoisotopic (exact) mass is 257 g/mol. The van der Waals surface area contributed by atoms with E-state index in [1.54, 1.807) is 0 Å². The summed E-state index contributed by atoms with van der Waals surface area (Å²) < 4.78 is 16.3. The Kier molecular flexibility index (Phi) is 3.25. The molecule has 0 atom stereocenters. The Morgan fingerprint density at radius 3 is 2.74 bits per heavy atom. The maximum Gasteiger partial charge on any atom is 0.231 e. The van der Waals surface area contributed by atoms with E-state index in [0.717, 1.165) is 28.3 Å². The van der Waals surface area contributed by atoms with Crippen molar-refractivity contribution in [2.24, 2.45) is 0 Å². The fraction of sp³-hybridized carbons (Fsp3) is 0.200. The number of rotatable bonds is 4. The van der Waals surface area contributed by atoms with Crippen molar-refractivity contribution >= 4 is 5.69 Å². The van der Waals surface area contributed by atoms with Crippen LogP contribution in [-0.4, -0.2) is 6.79 Å². The van der Waals surface area contributed by atoms with Gasteiger partial charge in [-0.3, -0.25) is 0 Å². The molecule has 0 unspecified atom stereocenters. The summed E-state index contributed by atoms with van der Waals surface area (Å²) in [7, 11) is 0. The summed E-state index contributed by atoms with van der Waals surface area (Å²) in [6, 6.07) is 13.5. The van der Waals surface area contributed by atoms with Crippen LogP contribution in [0.3, 0.4) is 0 Å². The largest absolute Gasteiger partial charge is 0.454 e. The predicted octanol–water partition coefficient (Wildman–Crippen LogP) is 2.71. The van der Waals surface area contributed by atoms with Crippen LogP contribution in [-0.2, 0) is 18.0 Å². The lowest BCUT2D eigenvalue weighted by atomic mass is 10.2. The van der Waals surface area contributed by atoms with Gasteiger partial charge in [0.1, 0.15) is 0 Å². The summed E-state index contributed by atoms with van der Waals surface area (Å²) in [6.45, 7) is 1.31. The molecule has 2 N–H and O–H groups in total. The second-order valence-electron chi connectivity index (χ2n) is 4.38. The normalized spacial score (nSPS) is 12.6. The molecular weight excluding hydrogens is 242 g/mol. The van der Waals surface area contributed by atoms with E-state index in [-0.39, 0.29) is 0 Å². The summed E-state index contributed by atoms with van der Waals surface area (Å²) in [5.74, 6) is 1.57. The first-order chi connectivity index (χ1) is 9.33.